The SMILES string of the molecule is CSP1(=O)OC[C@H]2O[C@@H](n3cnc4c(=O)[nH]c(C)nc43)[C@H](OP(=O)(CO)OCC34C[C@@H]3[C@@H](n3cnc5c(N)ncnc53)[C@H](O)[C@@H]4O1)[C@@H]2CO. The number of nitrogens with two attached hydrogens (primary N) is 1. The highest BCUT2D eigenvalue weighted by Gasteiger charge is 2.74. The van der Waals surface area contributed by atoms with Crippen molar-refractivity contribution < 1.29 is 47.3 Å². The highest BCUT2D eigenvalue weighted by molar-refractivity contribution is 8.54. The van der Waals surface area contributed by atoms with E-state index in [0.717, 1.165) is 11.4 Å². The maximum atomic E-state index is 14.2. The lowest BCUT2D eigenvalue weighted by molar-refractivity contribution is -0.0558. The Morgan fingerprint density at radius 3 is 2.63 bits per heavy atom. The third-order valence-corrected chi connectivity index (χ3v) is 14.7. The second-order valence-corrected chi connectivity index (χ2v) is 18.7. The molecule has 2 aliphatic heterocycles. The molecule has 1 spiro atoms. The van der Waals surface area contributed by atoms with Gasteiger partial charge in [-0.25, -0.2) is 29.5 Å². The lowest BCUT2D eigenvalue weighted by atomic mass is 9.99. The molecule has 4 aliphatic rings. The van der Waals surface area contributed by atoms with Gasteiger partial charge in [0.15, 0.2) is 28.9 Å². The molecule has 8 rings (SSSR count). The van der Waals surface area contributed by atoms with Crippen LogP contribution in [0.5, 0.6) is 0 Å². The first-order valence-electron chi connectivity index (χ1n) is 15.3. The number of H-pyrrole nitrogens is 1. The van der Waals surface area contributed by atoms with Crippen molar-refractivity contribution in [2.45, 2.75) is 50.0 Å². The summed E-state index contributed by atoms with van der Waals surface area (Å²) < 4.78 is 62.0. The second-order valence-electron chi connectivity index (χ2n) is 12.5. The van der Waals surface area contributed by atoms with Gasteiger partial charge in [-0.3, -0.25) is 27.5 Å². The first kappa shape index (κ1) is 33.3. The third-order valence-electron chi connectivity index (χ3n) is 9.90. The molecule has 2 bridgehead atoms. The molecule has 4 fully saturated rings. The molecular formula is C26H33N9O11P2S. The normalized spacial score (nSPS) is 39.3. The smallest absolute Gasteiger partial charge is 0.389 e. The summed E-state index contributed by atoms with van der Waals surface area (Å²) in [6.07, 6.45) is -0.953. The van der Waals surface area contributed by atoms with Crippen LogP contribution in [0, 0.1) is 24.2 Å². The fourth-order valence-corrected chi connectivity index (χ4v) is 10.9. The van der Waals surface area contributed by atoms with Crippen LogP contribution in [0.25, 0.3) is 22.3 Å². The van der Waals surface area contributed by atoms with E-state index in [-0.39, 0.29) is 36.1 Å². The third kappa shape index (κ3) is 5.21. The number of hydrogen-bond donors (Lipinski definition) is 5. The number of hydrogen-bond acceptors (Lipinski definition) is 18. The topological polar surface area (TPSA) is 274 Å². The molecule has 11 atom stereocenters. The van der Waals surface area contributed by atoms with Crippen LogP contribution in [-0.2, 0) is 32.0 Å². The lowest BCUT2D eigenvalue weighted by Crippen LogP contribution is -2.38. The molecule has 2 saturated heterocycles. The van der Waals surface area contributed by atoms with Gasteiger partial charge in [-0.15, -0.1) is 0 Å². The predicted molar refractivity (Wildman–Crippen MR) is 170 cm³/mol. The lowest BCUT2D eigenvalue weighted by Gasteiger charge is -2.32. The summed E-state index contributed by atoms with van der Waals surface area (Å²) in [5, 5.41) is 32.7. The van der Waals surface area contributed by atoms with Gasteiger partial charge in [-0.2, -0.15) is 0 Å². The second kappa shape index (κ2) is 11.9. The molecular weight excluding hydrogens is 708 g/mol. The Kier molecular flexibility index (Phi) is 8.08. The Morgan fingerprint density at radius 2 is 1.88 bits per heavy atom. The van der Waals surface area contributed by atoms with Crippen molar-refractivity contribution in [1.29, 1.82) is 0 Å². The number of rotatable bonds is 5. The highest BCUT2D eigenvalue weighted by Crippen LogP contribution is 2.74. The van der Waals surface area contributed by atoms with E-state index in [0.29, 0.717) is 23.4 Å². The number of ether oxygens (including phenoxy) is 1. The van der Waals surface area contributed by atoms with E-state index in [1.807, 2.05) is 0 Å². The fourth-order valence-electron chi connectivity index (χ4n) is 7.44. The molecule has 6 heterocycles. The molecule has 4 aromatic heterocycles. The molecule has 2 saturated carbocycles. The number of nitrogens with one attached hydrogen (secondary N) is 1. The number of aromatic amines is 1. The van der Waals surface area contributed by atoms with E-state index >= 15 is 0 Å². The van der Waals surface area contributed by atoms with Gasteiger partial charge in [-0.1, -0.05) is 0 Å². The molecule has 0 radical (unpaired) electrons. The van der Waals surface area contributed by atoms with Crippen molar-refractivity contribution in [3.05, 3.63) is 35.2 Å². The zero-order chi connectivity index (χ0) is 34.5. The monoisotopic (exact) mass is 741 g/mol. The molecule has 49 heavy (non-hydrogen) atoms. The number of nitrogens with zero attached hydrogens (tertiary/aromatic N) is 7. The van der Waals surface area contributed by atoms with Crippen molar-refractivity contribution in [2.75, 3.05) is 38.2 Å². The molecule has 4 aromatic rings. The number of anilines is 1. The Labute approximate surface area is 280 Å². The van der Waals surface area contributed by atoms with Crippen LogP contribution in [0.2, 0.25) is 0 Å². The summed E-state index contributed by atoms with van der Waals surface area (Å²) in [6, 6.07) is -0.693. The molecule has 0 amide bonds. The van der Waals surface area contributed by atoms with Crippen LogP contribution >= 0.6 is 25.8 Å². The number of aliphatic hydroxyl groups excluding tert-OH is 3. The van der Waals surface area contributed by atoms with Crippen molar-refractivity contribution >= 4 is 53.9 Å². The number of aryl methyl sites for hydroxylation is 1. The van der Waals surface area contributed by atoms with Gasteiger partial charge in [0.25, 0.3) is 5.56 Å². The van der Waals surface area contributed by atoms with Crippen LogP contribution in [0.15, 0.2) is 23.8 Å². The number of aromatic nitrogens is 8. The van der Waals surface area contributed by atoms with Crippen molar-refractivity contribution in [2.24, 2.45) is 17.3 Å². The standard InChI is InChI=1S/C26H33N9O11P2S/c1-11-32-23-16(24(39)33-11)31-9-35(23)25-19-12(4-36)14(44-25)5-42-48(41,49-2)46-20-18(38)17(34-8-30-15-21(27)28-7-29-22(15)34)13-3-26(13,20)6-43-47(40,10-37)45-19/h7-9,12-14,17-20,25,36-38H,3-6,10H2,1-2H3,(H2,27,28,29)(H,32,33,39)/t12-,13-,14-,17-,18+,19-,20+,25-,26?,47?,48?/m1/s1. The van der Waals surface area contributed by atoms with Crippen LogP contribution < -0.4 is 11.3 Å². The highest BCUT2D eigenvalue weighted by atomic mass is 32.7. The summed E-state index contributed by atoms with van der Waals surface area (Å²) in [7, 11) is -4.39. The Bertz CT molecular complexity index is 2100. The van der Waals surface area contributed by atoms with E-state index in [2.05, 4.69) is 29.9 Å². The van der Waals surface area contributed by atoms with Crippen molar-refractivity contribution in [3.63, 3.8) is 0 Å². The Hall–Kier alpha value is -2.81. The average molecular weight is 742 g/mol. The molecule has 6 N–H and O–H groups in total. The van der Waals surface area contributed by atoms with Crippen LogP contribution in [-0.4, -0.2) is 111 Å². The van der Waals surface area contributed by atoms with Crippen LogP contribution in [0.4, 0.5) is 5.82 Å². The van der Waals surface area contributed by atoms with E-state index in [1.165, 1.54) is 29.8 Å². The van der Waals surface area contributed by atoms with E-state index in [1.54, 1.807) is 11.5 Å². The van der Waals surface area contributed by atoms with Gasteiger partial charge in [0.2, 0.25) is 0 Å². The van der Waals surface area contributed by atoms with E-state index < -0.39 is 80.9 Å². The van der Waals surface area contributed by atoms with Gasteiger partial charge in [0.05, 0.1) is 44.6 Å². The number of fused-ring (bicyclic) bond motifs is 4. The zero-order valence-corrected chi connectivity index (χ0v) is 28.6. The van der Waals surface area contributed by atoms with Gasteiger partial charge in [0, 0.05) is 11.3 Å². The largest absolute Gasteiger partial charge is 0.396 e. The quantitative estimate of drug-likeness (QED) is 0.176. The molecule has 3 unspecified atom stereocenters. The molecule has 2 aliphatic carbocycles. The van der Waals surface area contributed by atoms with E-state index in [4.69, 9.17) is 28.6 Å². The minimum absolute atomic E-state index is 0.00330. The average Bonchev–Trinajstić information content (AvgIpc) is 3.39. The Balaban J connectivity index is 1.18. The molecule has 23 heteroatoms. The minimum atomic E-state index is -4.39. The van der Waals surface area contributed by atoms with Gasteiger partial charge >= 0.3 is 14.4 Å². The first-order chi connectivity index (χ1) is 23.4. The van der Waals surface area contributed by atoms with E-state index in [9.17, 15) is 29.2 Å². The van der Waals surface area contributed by atoms with Crippen molar-refractivity contribution in [1.82, 2.24) is 39.0 Å². The van der Waals surface area contributed by atoms with Gasteiger partial charge in [-0.05, 0) is 36.9 Å². The summed E-state index contributed by atoms with van der Waals surface area (Å²) in [4.78, 5) is 36.3. The summed E-state index contributed by atoms with van der Waals surface area (Å²) in [5.74, 6) is -0.864. The summed E-state index contributed by atoms with van der Waals surface area (Å²) in [6.45, 7) is -3.74. The maximum absolute atomic E-state index is 14.2. The number of aliphatic hydroxyl groups is 3. The maximum Gasteiger partial charge on any atom is 0.389 e. The molecule has 20 nitrogen and oxygen atoms in total. The van der Waals surface area contributed by atoms with Gasteiger partial charge < -0.3 is 39.9 Å². The molecule has 0 aromatic carbocycles. The van der Waals surface area contributed by atoms with Crippen LogP contribution in [0.3, 0.4) is 0 Å². The summed E-state index contributed by atoms with van der Waals surface area (Å²) in [5.41, 5.74) is 5.31. The molecule has 264 valence electrons. The first-order valence-corrected chi connectivity index (χ1v) is 20.4. The number of imidazole rings is 2. The summed E-state index contributed by atoms with van der Waals surface area (Å²) >= 11 is 0.814. The van der Waals surface area contributed by atoms with Crippen LogP contribution in [0.1, 0.15) is 24.5 Å². The van der Waals surface area contributed by atoms with Gasteiger partial charge in [0.1, 0.15) is 42.3 Å². The predicted octanol–water partition coefficient (Wildman–Crippen LogP) is 0.709. The minimum Gasteiger partial charge on any atom is -0.396 e. The Morgan fingerprint density at radius 1 is 1.10 bits per heavy atom. The fraction of sp³-hybridized carbons (Fsp3) is 0.615. The number of nitrogen functional groups attached to an aromatic ring is 1. The van der Waals surface area contributed by atoms with Crippen molar-refractivity contribution in [3.8, 4) is 0 Å². The zero-order valence-electron chi connectivity index (χ0n) is 26.0.